The summed E-state index contributed by atoms with van der Waals surface area (Å²) >= 11 is 0. The fraction of sp³-hybridized carbons (Fsp3) is 0.609. The molecule has 0 spiro atoms. The van der Waals surface area contributed by atoms with Crippen LogP contribution < -0.4 is 5.32 Å². The minimum atomic E-state index is -4.38. The molecule has 0 aliphatic carbocycles. The van der Waals surface area contributed by atoms with Crippen molar-refractivity contribution >= 4 is 19.8 Å². The average molecular weight is 802 g/mol. The molecule has 2 unspecified atom stereocenters. The van der Waals surface area contributed by atoms with Crippen molar-refractivity contribution in [3.05, 3.63) is 97.2 Å². The van der Waals surface area contributed by atoms with E-state index in [9.17, 15) is 19.0 Å². The zero-order chi connectivity index (χ0) is 41.1. The van der Waals surface area contributed by atoms with Crippen molar-refractivity contribution in [1.29, 1.82) is 0 Å². The van der Waals surface area contributed by atoms with Crippen LogP contribution in [0.25, 0.3) is 0 Å². The number of carbonyl (C=O) groups is 2. The first-order chi connectivity index (χ1) is 27.3. The first-order valence-corrected chi connectivity index (χ1v) is 22.7. The third-order valence-electron chi connectivity index (χ3n) is 8.20. The van der Waals surface area contributed by atoms with Gasteiger partial charge in [0.15, 0.2) is 6.10 Å². The molecule has 0 rings (SSSR count). The molecule has 2 atom stereocenters. The molecule has 0 aliphatic heterocycles. The van der Waals surface area contributed by atoms with E-state index >= 15 is 0 Å². The van der Waals surface area contributed by atoms with Crippen LogP contribution in [0.2, 0.25) is 0 Å². The maximum absolute atomic E-state index is 12.6. The smallest absolute Gasteiger partial charge is 0.462 e. The van der Waals surface area contributed by atoms with Crippen molar-refractivity contribution in [2.75, 3.05) is 33.4 Å². The van der Waals surface area contributed by atoms with Crippen LogP contribution >= 0.6 is 7.82 Å². The van der Waals surface area contributed by atoms with Crippen molar-refractivity contribution in [1.82, 2.24) is 5.32 Å². The van der Waals surface area contributed by atoms with E-state index in [1.54, 1.807) is 7.05 Å². The molecule has 0 saturated carbocycles. The number of carbonyl (C=O) groups excluding carboxylic acids is 2. The third-order valence-corrected chi connectivity index (χ3v) is 9.19. The van der Waals surface area contributed by atoms with Gasteiger partial charge >= 0.3 is 19.8 Å². The van der Waals surface area contributed by atoms with Crippen LogP contribution in [-0.4, -0.2) is 56.3 Å². The number of allylic oxidation sites excluding steroid dienone is 16. The van der Waals surface area contributed by atoms with E-state index in [-0.39, 0.29) is 26.1 Å². The zero-order valence-electron chi connectivity index (χ0n) is 35.0. The van der Waals surface area contributed by atoms with Gasteiger partial charge in [-0.2, -0.15) is 0 Å². The Bertz CT molecular complexity index is 1230. The second-order valence-electron chi connectivity index (χ2n) is 13.4. The SMILES string of the molecule is CC/C=C\C/C=C\C/C=C\CCCCCCCC(=O)OC(COC(=O)CC/C=C\C/C=C\C/C=C\C/C=C\C/C=C\CCCCC)COP(=O)(O)OCCNC. The number of hydrogen-bond acceptors (Lipinski definition) is 8. The molecule has 0 aromatic rings. The van der Waals surface area contributed by atoms with Gasteiger partial charge in [0.2, 0.25) is 0 Å². The summed E-state index contributed by atoms with van der Waals surface area (Å²) in [6, 6.07) is 0. The Morgan fingerprint density at radius 3 is 1.59 bits per heavy atom. The molecule has 0 aliphatic rings. The topological polar surface area (TPSA) is 120 Å². The molecule has 10 heteroatoms. The molecular formula is C46H76NO8P. The molecular weight excluding hydrogens is 725 g/mol. The van der Waals surface area contributed by atoms with E-state index < -0.39 is 32.5 Å². The molecule has 0 fully saturated rings. The Labute approximate surface area is 340 Å². The number of phosphoric ester groups is 1. The Balaban J connectivity index is 4.41. The number of phosphoric acid groups is 1. The van der Waals surface area contributed by atoms with E-state index in [4.69, 9.17) is 18.5 Å². The first kappa shape index (κ1) is 52.9. The fourth-order valence-corrected chi connectivity index (χ4v) is 5.77. The standard InChI is InChI=1S/C46H76NO8P/c1-4-6-8-10-12-14-16-18-20-21-22-23-25-26-28-30-32-34-36-38-45(48)52-42-44(43-54-56(50,51)53-41-40-47-3)55-46(49)39-37-35-33-31-29-27-24-19-17-15-13-11-9-7-5-2/h7,9,12-15,18-20,22-24,26,28,32,34,44,47H,4-6,8,10-11,16-17,21,25,27,29-31,33,35-43H2,1-3H3,(H,50,51)/b9-7-,14-12-,15-13-,20-18-,23-22-,24-19-,28-26-,34-32-. The fourth-order valence-electron chi connectivity index (χ4n) is 5.02. The Hall–Kier alpha value is -3.07. The summed E-state index contributed by atoms with van der Waals surface area (Å²) in [5.41, 5.74) is 0. The minimum Gasteiger partial charge on any atom is -0.462 e. The number of hydrogen-bond donors (Lipinski definition) is 2. The quantitative estimate of drug-likeness (QED) is 0.0272. The Morgan fingerprint density at radius 1 is 0.571 bits per heavy atom. The van der Waals surface area contributed by atoms with E-state index in [0.717, 1.165) is 77.0 Å². The molecule has 2 N–H and O–H groups in total. The highest BCUT2D eigenvalue weighted by Gasteiger charge is 2.26. The Morgan fingerprint density at radius 2 is 1.05 bits per heavy atom. The van der Waals surface area contributed by atoms with E-state index in [1.807, 2.05) is 12.2 Å². The van der Waals surface area contributed by atoms with Gasteiger partial charge in [-0.1, -0.05) is 143 Å². The van der Waals surface area contributed by atoms with Gasteiger partial charge in [-0.3, -0.25) is 18.6 Å². The molecule has 0 radical (unpaired) electrons. The number of ether oxygens (including phenoxy) is 2. The van der Waals surface area contributed by atoms with Gasteiger partial charge in [-0.15, -0.1) is 0 Å². The summed E-state index contributed by atoms with van der Waals surface area (Å²) < 4.78 is 33.1. The lowest BCUT2D eigenvalue weighted by molar-refractivity contribution is -0.161. The van der Waals surface area contributed by atoms with Crippen LogP contribution in [0.15, 0.2) is 97.2 Å². The molecule has 0 aromatic heterocycles. The predicted octanol–water partition coefficient (Wildman–Crippen LogP) is 12.1. The normalized spacial score (nSPS) is 14.3. The van der Waals surface area contributed by atoms with Gasteiger partial charge in [0, 0.05) is 19.4 Å². The summed E-state index contributed by atoms with van der Waals surface area (Å²) in [5, 5.41) is 2.81. The lowest BCUT2D eigenvalue weighted by Gasteiger charge is -2.20. The summed E-state index contributed by atoms with van der Waals surface area (Å²) in [4.78, 5) is 35.0. The predicted molar refractivity (Wildman–Crippen MR) is 233 cm³/mol. The molecule has 0 saturated heterocycles. The number of rotatable bonds is 38. The summed E-state index contributed by atoms with van der Waals surface area (Å²) in [7, 11) is -2.69. The van der Waals surface area contributed by atoms with E-state index in [1.165, 1.54) is 25.7 Å². The highest BCUT2D eigenvalue weighted by atomic mass is 31.2. The van der Waals surface area contributed by atoms with Crippen molar-refractivity contribution in [2.45, 2.75) is 148 Å². The van der Waals surface area contributed by atoms with Crippen LogP contribution in [0, 0.1) is 0 Å². The minimum absolute atomic E-state index is 0.0372. The number of unbranched alkanes of at least 4 members (excludes halogenated alkanes) is 8. The first-order valence-electron chi connectivity index (χ1n) is 21.2. The van der Waals surface area contributed by atoms with Gasteiger partial charge in [-0.25, -0.2) is 4.57 Å². The van der Waals surface area contributed by atoms with Gasteiger partial charge in [-0.05, 0) is 90.5 Å². The molecule has 0 amide bonds. The summed E-state index contributed by atoms with van der Waals surface area (Å²) in [6.45, 7) is 3.95. The van der Waals surface area contributed by atoms with Gasteiger partial charge in [0.1, 0.15) is 6.61 Å². The lowest BCUT2D eigenvalue weighted by atomic mass is 10.1. The third kappa shape index (κ3) is 40.6. The second kappa shape index (κ2) is 41.6. The largest absolute Gasteiger partial charge is 0.472 e. The maximum Gasteiger partial charge on any atom is 0.472 e. The number of esters is 2. The lowest BCUT2D eigenvalue weighted by Crippen LogP contribution is -2.29. The molecule has 9 nitrogen and oxygen atoms in total. The van der Waals surface area contributed by atoms with Crippen molar-refractivity contribution < 1.29 is 37.6 Å². The van der Waals surface area contributed by atoms with Crippen molar-refractivity contribution in [2.24, 2.45) is 0 Å². The molecule has 0 bridgehead atoms. The monoisotopic (exact) mass is 802 g/mol. The highest BCUT2D eigenvalue weighted by molar-refractivity contribution is 7.47. The zero-order valence-corrected chi connectivity index (χ0v) is 35.9. The average Bonchev–Trinajstić information content (AvgIpc) is 3.18. The van der Waals surface area contributed by atoms with Crippen LogP contribution in [0.5, 0.6) is 0 Å². The van der Waals surface area contributed by atoms with Gasteiger partial charge in [0.05, 0.1) is 13.2 Å². The summed E-state index contributed by atoms with van der Waals surface area (Å²) in [6.07, 6.45) is 51.8. The highest BCUT2D eigenvalue weighted by Crippen LogP contribution is 2.43. The molecule has 0 aromatic carbocycles. The van der Waals surface area contributed by atoms with Crippen molar-refractivity contribution in [3.8, 4) is 0 Å². The van der Waals surface area contributed by atoms with Crippen LogP contribution in [0.3, 0.4) is 0 Å². The van der Waals surface area contributed by atoms with E-state index in [2.05, 4.69) is 104 Å². The van der Waals surface area contributed by atoms with Crippen LogP contribution in [0.4, 0.5) is 0 Å². The summed E-state index contributed by atoms with van der Waals surface area (Å²) in [5.74, 6) is -0.934. The van der Waals surface area contributed by atoms with E-state index in [0.29, 0.717) is 19.4 Å². The Kier molecular flexibility index (Phi) is 39.3. The van der Waals surface area contributed by atoms with Crippen LogP contribution in [0.1, 0.15) is 142 Å². The molecule has 318 valence electrons. The molecule has 0 heterocycles. The van der Waals surface area contributed by atoms with Crippen LogP contribution in [-0.2, 0) is 32.7 Å². The van der Waals surface area contributed by atoms with Gasteiger partial charge < -0.3 is 19.7 Å². The second-order valence-corrected chi connectivity index (χ2v) is 14.9. The van der Waals surface area contributed by atoms with Gasteiger partial charge in [0.25, 0.3) is 0 Å². The molecule has 56 heavy (non-hydrogen) atoms. The maximum atomic E-state index is 12.6. The number of likely N-dealkylation sites (N-methyl/N-ethyl adjacent to an activating group) is 1. The van der Waals surface area contributed by atoms with Crippen molar-refractivity contribution in [3.63, 3.8) is 0 Å². The number of nitrogens with one attached hydrogen (secondary N) is 1.